The summed E-state index contributed by atoms with van der Waals surface area (Å²) in [4.78, 5) is 13.9. The maximum atomic E-state index is 12.6. The van der Waals surface area contributed by atoms with Crippen LogP contribution in [0.2, 0.25) is 0 Å². The minimum Gasteiger partial charge on any atom is -0.391 e. The van der Waals surface area contributed by atoms with E-state index >= 15 is 0 Å². The fourth-order valence-electron chi connectivity index (χ4n) is 3.30. The molecular weight excluding hydrogens is 285 g/mol. The number of likely N-dealkylation sites (N-methyl/N-ethyl adjacent to an activating group) is 1. The zero-order chi connectivity index (χ0) is 15.6. The van der Waals surface area contributed by atoms with Crippen molar-refractivity contribution >= 4 is 5.91 Å². The van der Waals surface area contributed by atoms with Gasteiger partial charge in [-0.05, 0) is 25.7 Å². The van der Waals surface area contributed by atoms with Crippen LogP contribution in [-0.2, 0) is 4.79 Å². The van der Waals surface area contributed by atoms with Crippen molar-refractivity contribution in [1.29, 1.82) is 0 Å². The van der Waals surface area contributed by atoms with Gasteiger partial charge < -0.3 is 15.3 Å². The molecule has 1 saturated carbocycles. The van der Waals surface area contributed by atoms with E-state index in [4.69, 9.17) is 0 Å². The Kier molecular flexibility index (Phi) is 5.14. The third-order valence-corrected chi connectivity index (χ3v) is 4.71. The molecule has 1 aliphatic heterocycles. The second-order valence-electron chi connectivity index (χ2n) is 6.15. The first-order valence-electron chi connectivity index (χ1n) is 7.55. The number of nitrogens with one attached hydrogen (secondary N) is 1. The summed E-state index contributed by atoms with van der Waals surface area (Å²) in [7, 11) is 1.64. The number of rotatable bonds is 2. The lowest BCUT2D eigenvalue weighted by molar-refractivity contribution is -0.181. The van der Waals surface area contributed by atoms with E-state index in [0.717, 1.165) is 19.3 Å². The Morgan fingerprint density at radius 3 is 2.38 bits per heavy atom. The van der Waals surface area contributed by atoms with Gasteiger partial charge in [-0.3, -0.25) is 4.79 Å². The van der Waals surface area contributed by atoms with Crippen molar-refractivity contribution in [3.63, 3.8) is 0 Å². The second-order valence-corrected chi connectivity index (χ2v) is 6.15. The van der Waals surface area contributed by atoms with E-state index in [1.54, 1.807) is 7.05 Å². The molecule has 2 fully saturated rings. The number of aliphatic hydroxyl groups is 1. The minimum atomic E-state index is -4.20. The Morgan fingerprint density at radius 2 is 1.86 bits per heavy atom. The molecule has 4 nitrogen and oxygen atoms in total. The van der Waals surface area contributed by atoms with Gasteiger partial charge in [0, 0.05) is 13.6 Å². The fourth-order valence-corrected chi connectivity index (χ4v) is 3.30. The summed E-state index contributed by atoms with van der Waals surface area (Å²) >= 11 is 0. The molecule has 2 N–H and O–H groups in total. The molecule has 0 aromatic rings. The van der Waals surface area contributed by atoms with E-state index in [2.05, 4.69) is 5.32 Å². The average Bonchev–Trinajstić information content (AvgIpc) is 2.45. The van der Waals surface area contributed by atoms with Crippen LogP contribution in [0.4, 0.5) is 13.2 Å². The summed E-state index contributed by atoms with van der Waals surface area (Å²) in [5, 5.41) is 12.7. The van der Waals surface area contributed by atoms with E-state index in [0.29, 0.717) is 6.42 Å². The van der Waals surface area contributed by atoms with Gasteiger partial charge in [0.1, 0.15) is 0 Å². The maximum Gasteiger partial charge on any atom is 0.393 e. The monoisotopic (exact) mass is 308 g/mol. The molecule has 0 radical (unpaired) electrons. The van der Waals surface area contributed by atoms with Gasteiger partial charge in [0.2, 0.25) is 5.91 Å². The number of alkyl halides is 3. The van der Waals surface area contributed by atoms with Gasteiger partial charge in [-0.2, -0.15) is 13.2 Å². The number of nitrogens with zero attached hydrogens (tertiary/aromatic N) is 1. The Morgan fingerprint density at radius 1 is 1.19 bits per heavy atom. The van der Waals surface area contributed by atoms with Crippen LogP contribution in [0.5, 0.6) is 0 Å². The predicted octanol–water partition coefficient (Wildman–Crippen LogP) is 1.68. The van der Waals surface area contributed by atoms with Crippen molar-refractivity contribution < 1.29 is 23.1 Å². The highest BCUT2D eigenvalue weighted by molar-refractivity contribution is 5.82. The summed E-state index contributed by atoms with van der Waals surface area (Å²) in [5.41, 5.74) is 0. The largest absolute Gasteiger partial charge is 0.393 e. The molecule has 0 aromatic heterocycles. The van der Waals surface area contributed by atoms with E-state index < -0.39 is 24.2 Å². The Labute approximate surface area is 122 Å². The highest BCUT2D eigenvalue weighted by Gasteiger charge is 2.43. The zero-order valence-electron chi connectivity index (χ0n) is 12.2. The molecule has 7 heteroatoms. The quantitative estimate of drug-likeness (QED) is 0.816. The van der Waals surface area contributed by atoms with Crippen LogP contribution >= 0.6 is 0 Å². The third-order valence-electron chi connectivity index (χ3n) is 4.71. The fraction of sp³-hybridized carbons (Fsp3) is 0.929. The highest BCUT2D eigenvalue weighted by Crippen LogP contribution is 2.32. The van der Waals surface area contributed by atoms with Gasteiger partial charge >= 0.3 is 6.18 Å². The van der Waals surface area contributed by atoms with Gasteiger partial charge in [-0.1, -0.05) is 12.8 Å². The molecule has 0 spiro atoms. The minimum absolute atomic E-state index is 0.0199. The van der Waals surface area contributed by atoms with Crippen LogP contribution in [0.25, 0.3) is 0 Å². The lowest BCUT2D eigenvalue weighted by Crippen LogP contribution is -2.55. The number of halogens is 3. The van der Waals surface area contributed by atoms with Gasteiger partial charge in [-0.15, -0.1) is 0 Å². The van der Waals surface area contributed by atoms with Crippen molar-refractivity contribution in [2.75, 3.05) is 13.6 Å². The first kappa shape index (κ1) is 16.5. The number of carbonyl (C=O) groups is 1. The molecule has 1 amide bonds. The van der Waals surface area contributed by atoms with Crippen LogP contribution in [0.1, 0.15) is 38.5 Å². The normalized spacial score (nSPS) is 34.5. The second kappa shape index (κ2) is 6.52. The average molecular weight is 308 g/mol. The molecule has 0 aromatic carbocycles. The smallest absolute Gasteiger partial charge is 0.391 e. The van der Waals surface area contributed by atoms with Crippen molar-refractivity contribution in [3.05, 3.63) is 0 Å². The van der Waals surface area contributed by atoms with Crippen molar-refractivity contribution in [2.45, 2.75) is 62.9 Å². The number of carbonyl (C=O) groups excluding carboxylic acids is 1. The topological polar surface area (TPSA) is 52.6 Å². The summed E-state index contributed by atoms with van der Waals surface area (Å²) < 4.78 is 37.8. The van der Waals surface area contributed by atoms with Crippen LogP contribution < -0.4 is 5.32 Å². The van der Waals surface area contributed by atoms with Gasteiger partial charge in [0.05, 0.1) is 24.1 Å². The lowest BCUT2D eigenvalue weighted by atomic mass is 9.90. The molecule has 1 aliphatic carbocycles. The van der Waals surface area contributed by atoms with E-state index in [-0.39, 0.29) is 31.3 Å². The molecular formula is C14H23F3N2O2. The number of aliphatic hydroxyl groups excluding tert-OH is 1. The van der Waals surface area contributed by atoms with Crippen LogP contribution in [0, 0.1) is 5.92 Å². The molecule has 2 aliphatic rings. The number of hydrogen-bond acceptors (Lipinski definition) is 3. The summed E-state index contributed by atoms with van der Waals surface area (Å²) in [6.07, 6.45) is -1.21. The Bertz CT molecular complexity index is 368. The van der Waals surface area contributed by atoms with Crippen LogP contribution in [0.15, 0.2) is 0 Å². The van der Waals surface area contributed by atoms with E-state index in [1.165, 1.54) is 4.90 Å². The summed E-state index contributed by atoms with van der Waals surface area (Å²) in [6.45, 7) is -0.207. The highest BCUT2D eigenvalue weighted by atomic mass is 19.4. The maximum absolute atomic E-state index is 12.6. The summed E-state index contributed by atoms with van der Waals surface area (Å²) in [5.74, 6) is -1.58. The number of amides is 1. The van der Waals surface area contributed by atoms with Crippen LogP contribution in [0.3, 0.4) is 0 Å². The predicted molar refractivity (Wildman–Crippen MR) is 71.6 cm³/mol. The Balaban J connectivity index is 1.89. The molecule has 2 rings (SSSR count). The summed E-state index contributed by atoms with van der Waals surface area (Å²) in [6, 6.07) is -0.781. The molecule has 1 heterocycles. The molecule has 1 saturated heterocycles. The van der Waals surface area contributed by atoms with Crippen molar-refractivity contribution in [2.24, 2.45) is 5.92 Å². The standard InChI is InChI=1S/C14H23F3N2O2/c1-19(11-4-2-3-5-12(11)20)13(21)10-7-6-9(8-18-10)14(15,16)17/h9-12,18,20H,2-8H2,1H3. The third kappa shape index (κ3) is 3.88. The van der Waals surface area contributed by atoms with Crippen LogP contribution in [-0.4, -0.2) is 53.9 Å². The van der Waals surface area contributed by atoms with Crippen molar-refractivity contribution in [3.8, 4) is 0 Å². The van der Waals surface area contributed by atoms with Crippen molar-refractivity contribution in [1.82, 2.24) is 10.2 Å². The molecule has 122 valence electrons. The SMILES string of the molecule is CN(C(=O)C1CCC(C(F)(F)F)CN1)C1CCCCC1O. The lowest BCUT2D eigenvalue weighted by Gasteiger charge is -2.38. The number of hydrogen-bond donors (Lipinski definition) is 2. The molecule has 4 atom stereocenters. The molecule has 21 heavy (non-hydrogen) atoms. The first-order chi connectivity index (χ1) is 9.80. The Hall–Kier alpha value is -0.820. The van der Waals surface area contributed by atoms with E-state index in [1.807, 2.05) is 0 Å². The zero-order valence-corrected chi connectivity index (χ0v) is 12.2. The van der Waals surface area contributed by atoms with Gasteiger partial charge in [0.25, 0.3) is 0 Å². The van der Waals surface area contributed by atoms with E-state index in [9.17, 15) is 23.1 Å². The van der Waals surface area contributed by atoms with Gasteiger partial charge in [0.15, 0.2) is 0 Å². The number of piperidine rings is 1. The molecule has 4 unspecified atom stereocenters. The molecule has 0 bridgehead atoms. The van der Waals surface area contributed by atoms with Gasteiger partial charge in [-0.25, -0.2) is 0 Å². The first-order valence-corrected chi connectivity index (χ1v) is 7.55.